The molecule has 0 radical (unpaired) electrons. The molecule has 0 aliphatic heterocycles. The van der Waals surface area contributed by atoms with Crippen LogP contribution in [0.5, 0.6) is 0 Å². The van der Waals surface area contributed by atoms with Gasteiger partial charge in [0.25, 0.3) is 5.89 Å². The van der Waals surface area contributed by atoms with Gasteiger partial charge in [0.2, 0.25) is 5.82 Å². The van der Waals surface area contributed by atoms with E-state index in [1.165, 1.54) is 0 Å². The Balaban J connectivity index is 1.59. The van der Waals surface area contributed by atoms with E-state index in [1.54, 1.807) is 18.3 Å². The molecule has 0 atom stereocenters. The minimum Gasteiger partial charge on any atom is -0.386 e. The minimum atomic E-state index is 0.108. The molecule has 0 aliphatic rings. The summed E-state index contributed by atoms with van der Waals surface area (Å²) >= 11 is 5.93. The molecule has 2 aromatic carbocycles. The number of hydrogen-bond donors (Lipinski definition) is 0. The van der Waals surface area contributed by atoms with Crippen LogP contribution < -0.4 is 0 Å². The second kappa shape index (κ2) is 6.87. The van der Waals surface area contributed by atoms with Gasteiger partial charge in [-0.1, -0.05) is 64.4 Å². The zero-order chi connectivity index (χ0) is 15.2. The number of nitrogens with zero attached hydrogens (tertiary/aromatic N) is 3. The highest BCUT2D eigenvalue weighted by Crippen LogP contribution is 2.20. The molecule has 0 saturated carbocycles. The summed E-state index contributed by atoms with van der Waals surface area (Å²) in [4.78, 5) is 9.37. The highest BCUT2D eigenvalue weighted by atomic mass is 35.5. The first-order valence-electron chi connectivity index (χ1n) is 6.60. The quantitative estimate of drug-likeness (QED) is 0.529. The Morgan fingerprint density at radius 3 is 2.82 bits per heavy atom. The van der Waals surface area contributed by atoms with Gasteiger partial charge in [0, 0.05) is 10.6 Å². The van der Waals surface area contributed by atoms with Crippen molar-refractivity contribution in [2.75, 3.05) is 0 Å². The minimum absolute atomic E-state index is 0.108. The Bertz CT molecular complexity index is 772. The van der Waals surface area contributed by atoms with Gasteiger partial charge in [-0.15, -0.1) is 0 Å². The third kappa shape index (κ3) is 3.71. The first-order valence-corrected chi connectivity index (χ1v) is 6.98. The zero-order valence-electron chi connectivity index (χ0n) is 11.5. The van der Waals surface area contributed by atoms with Gasteiger partial charge in [0.05, 0.1) is 6.21 Å². The monoisotopic (exact) mass is 313 g/mol. The van der Waals surface area contributed by atoms with E-state index in [1.807, 2.05) is 42.5 Å². The van der Waals surface area contributed by atoms with E-state index in [-0.39, 0.29) is 6.61 Å². The fraction of sp³-hybridized carbons (Fsp3) is 0.0625. The van der Waals surface area contributed by atoms with E-state index in [2.05, 4.69) is 15.3 Å². The molecule has 0 spiro atoms. The maximum Gasteiger partial charge on any atom is 0.267 e. The third-order valence-corrected chi connectivity index (χ3v) is 3.05. The van der Waals surface area contributed by atoms with Gasteiger partial charge >= 0.3 is 0 Å². The van der Waals surface area contributed by atoms with Crippen molar-refractivity contribution in [2.45, 2.75) is 6.61 Å². The summed E-state index contributed by atoms with van der Waals surface area (Å²) in [6, 6.07) is 16.9. The second-order valence-corrected chi connectivity index (χ2v) is 4.88. The molecule has 110 valence electrons. The van der Waals surface area contributed by atoms with Crippen LogP contribution >= 0.6 is 11.6 Å². The molecule has 3 aromatic rings. The summed E-state index contributed by atoms with van der Waals surface area (Å²) in [5.74, 6) is 0.813. The van der Waals surface area contributed by atoms with Crippen molar-refractivity contribution in [1.29, 1.82) is 0 Å². The van der Waals surface area contributed by atoms with E-state index < -0.39 is 0 Å². The zero-order valence-corrected chi connectivity index (χ0v) is 12.3. The molecule has 0 aliphatic carbocycles. The van der Waals surface area contributed by atoms with Gasteiger partial charge in [-0.25, -0.2) is 0 Å². The fourth-order valence-corrected chi connectivity index (χ4v) is 1.98. The smallest absolute Gasteiger partial charge is 0.267 e. The number of halogens is 1. The summed E-state index contributed by atoms with van der Waals surface area (Å²) in [7, 11) is 0. The predicted molar refractivity (Wildman–Crippen MR) is 83.6 cm³/mol. The van der Waals surface area contributed by atoms with Crippen LogP contribution in [0.25, 0.3) is 11.4 Å². The topological polar surface area (TPSA) is 60.5 Å². The number of hydrogen-bond acceptors (Lipinski definition) is 5. The molecule has 0 unspecified atom stereocenters. The molecule has 1 aromatic heterocycles. The molecular weight excluding hydrogens is 302 g/mol. The maximum atomic E-state index is 5.93. The molecule has 0 fully saturated rings. The standard InChI is InChI=1S/C16H12ClN3O2/c17-14-8-4-7-13(9-14)16-19-15(22-20-16)11-21-18-10-12-5-2-1-3-6-12/h1-10H,11H2/b18-10-. The molecule has 1 heterocycles. The molecule has 0 saturated heterocycles. The van der Waals surface area contributed by atoms with E-state index in [4.69, 9.17) is 21.0 Å². The molecule has 22 heavy (non-hydrogen) atoms. The Labute approximate surface area is 132 Å². The van der Waals surface area contributed by atoms with Crippen LogP contribution in [-0.2, 0) is 11.4 Å². The summed E-state index contributed by atoms with van der Waals surface area (Å²) in [6.45, 7) is 0.108. The average Bonchev–Trinajstić information content (AvgIpc) is 3.02. The molecular formula is C16H12ClN3O2. The highest BCUT2D eigenvalue weighted by Gasteiger charge is 2.09. The van der Waals surface area contributed by atoms with Gasteiger partial charge in [-0.05, 0) is 17.7 Å². The first kappa shape index (κ1) is 14.3. The van der Waals surface area contributed by atoms with Crippen molar-refractivity contribution in [2.24, 2.45) is 5.16 Å². The van der Waals surface area contributed by atoms with Crippen molar-refractivity contribution < 1.29 is 9.36 Å². The molecule has 5 nitrogen and oxygen atoms in total. The van der Waals surface area contributed by atoms with Crippen LogP contribution in [0.1, 0.15) is 11.5 Å². The number of benzene rings is 2. The fourth-order valence-electron chi connectivity index (χ4n) is 1.79. The molecule has 6 heteroatoms. The van der Waals surface area contributed by atoms with Crippen LogP contribution in [0.4, 0.5) is 0 Å². The summed E-state index contributed by atoms with van der Waals surface area (Å²) in [5.41, 5.74) is 1.74. The van der Waals surface area contributed by atoms with Crippen LogP contribution in [0.3, 0.4) is 0 Å². The SMILES string of the molecule is Clc1cccc(-c2noc(CO/N=C\c3ccccc3)n2)c1. The summed E-state index contributed by atoms with van der Waals surface area (Å²) in [6.07, 6.45) is 1.62. The Morgan fingerprint density at radius 1 is 1.14 bits per heavy atom. The third-order valence-electron chi connectivity index (χ3n) is 2.81. The van der Waals surface area contributed by atoms with Crippen LogP contribution in [0.2, 0.25) is 5.02 Å². The van der Waals surface area contributed by atoms with Crippen LogP contribution in [-0.4, -0.2) is 16.4 Å². The van der Waals surface area contributed by atoms with Crippen molar-refractivity contribution in [3.8, 4) is 11.4 Å². The van der Waals surface area contributed by atoms with Crippen LogP contribution in [0, 0.1) is 0 Å². The lowest BCUT2D eigenvalue weighted by Gasteiger charge is -1.94. The Morgan fingerprint density at radius 2 is 2.00 bits per heavy atom. The van der Waals surface area contributed by atoms with E-state index in [0.717, 1.165) is 11.1 Å². The van der Waals surface area contributed by atoms with Crippen molar-refractivity contribution in [1.82, 2.24) is 10.1 Å². The predicted octanol–water partition coefficient (Wildman–Crippen LogP) is 3.94. The van der Waals surface area contributed by atoms with E-state index in [9.17, 15) is 0 Å². The molecule has 0 amide bonds. The van der Waals surface area contributed by atoms with Gasteiger partial charge in [-0.2, -0.15) is 4.98 Å². The van der Waals surface area contributed by atoms with Crippen molar-refractivity contribution in [3.63, 3.8) is 0 Å². The second-order valence-electron chi connectivity index (χ2n) is 4.44. The van der Waals surface area contributed by atoms with Gasteiger partial charge < -0.3 is 9.36 Å². The Kier molecular flexibility index (Phi) is 4.46. The van der Waals surface area contributed by atoms with E-state index >= 15 is 0 Å². The highest BCUT2D eigenvalue weighted by molar-refractivity contribution is 6.30. The Hall–Kier alpha value is -2.66. The number of aromatic nitrogens is 2. The normalized spacial score (nSPS) is 11.0. The summed E-state index contributed by atoms with van der Waals surface area (Å²) < 4.78 is 5.11. The largest absolute Gasteiger partial charge is 0.386 e. The van der Waals surface area contributed by atoms with Crippen molar-refractivity contribution in [3.05, 3.63) is 71.1 Å². The van der Waals surface area contributed by atoms with E-state index in [0.29, 0.717) is 16.7 Å². The van der Waals surface area contributed by atoms with Gasteiger partial charge in [-0.3, -0.25) is 0 Å². The van der Waals surface area contributed by atoms with Gasteiger partial charge in [0.1, 0.15) is 0 Å². The maximum absolute atomic E-state index is 5.93. The lowest BCUT2D eigenvalue weighted by atomic mass is 10.2. The lowest BCUT2D eigenvalue weighted by molar-refractivity contribution is 0.107. The summed E-state index contributed by atoms with van der Waals surface area (Å²) in [5, 5.41) is 8.37. The average molecular weight is 314 g/mol. The lowest BCUT2D eigenvalue weighted by Crippen LogP contribution is -1.89. The molecule has 0 N–H and O–H groups in total. The molecule has 3 rings (SSSR count). The number of rotatable bonds is 5. The molecule has 0 bridgehead atoms. The van der Waals surface area contributed by atoms with Gasteiger partial charge in [0.15, 0.2) is 6.61 Å². The van der Waals surface area contributed by atoms with Crippen LogP contribution in [0.15, 0.2) is 64.3 Å². The first-order chi connectivity index (χ1) is 10.8. The van der Waals surface area contributed by atoms with Crippen molar-refractivity contribution >= 4 is 17.8 Å². The number of oxime groups is 1.